The molecular formula is C42H35K5N19O9+. The molecule has 75 heavy (non-hydrogen) atoms. The summed E-state index contributed by atoms with van der Waals surface area (Å²) in [5.74, 6) is -8.76. The number of aromatic nitrogens is 9. The fourth-order valence-electron chi connectivity index (χ4n) is 6.65. The molecule has 1 atom stereocenters. The van der Waals surface area contributed by atoms with Gasteiger partial charge >= 0.3 is 269 Å². The van der Waals surface area contributed by atoms with Crippen LogP contribution < -0.4 is 294 Å². The van der Waals surface area contributed by atoms with E-state index in [-0.39, 0.29) is 352 Å². The molecule has 4 N–H and O–H groups in total. The zero-order chi connectivity index (χ0) is 50.0. The number of hydrogen-bond donors (Lipinski definition) is 2. The zero-order valence-electron chi connectivity index (χ0n) is 41.2. The van der Waals surface area contributed by atoms with Gasteiger partial charge < -0.3 is 56.2 Å². The van der Waals surface area contributed by atoms with Gasteiger partial charge in [-0.3, -0.25) is 4.85 Å². The smallest absolute Gasteiger partial charge is 0.844 e. The number of nitriles is 1. The van der Waals surface area contributed by atoms with Gasteiger partial charge in [0.2, 0.25) is 0 Å². The Morgan fingerprint density at radius 3 is 1.57 bits per heavy atom. The Morgan fingerprint density at radius 2 is 1.16 bits per heavy atom. The van der Waals surface area contributed by atoms with E-state index in [9.17, 15) is 50.0 Å². The first-order chi connectivity index (χ1) is 32.8. The van der Waals surface area contributed by atoms with Crippen LogP contribution in [0.15, 0.2) is 68.2 Å². The van der Waals surface area contributed by atoms with Gasteiger partial charge in [-0.05, 0) is 77.3 Å². The predicted molar refractivity (Wildman–Crippen MR) is 231 cm³/mol. The molecule has 6 aromatic rings. The summed E-state index contributed by atoms with van der Waals surface area (Å²) in [7, 11) is 0. The van der Waals surface area contributed by atoms with Crippen LogP contribution >= 0.6 is 0 Å². The number of anilines is 2. The maximum absolute atomic E-state index is 13.2. The second-order valence-electron chi connectivity index (χ2n) is 15.6. The van der Waals surface area contributed by atoms with Crippen molar-refractivity contribution in [3.05, 3.63) is 93.2 Å². The molecule has 2 aromatic carbocycles. The van der Waals surface area contributed by atoms with Gasteiger partial charge in [-0.1, -0.05) is 44.9 Å². The minimum absolute atomic E-state index is 0. The first-order valence-corrected chi connectivity index (χ1v) is 20.0. The number of benzene rings is 2. The number of carboxylic acid groups (broad SMARTS) is 4. The molecule has 0 bridgehead atoms. The third-order valence-electron chi connectivity index (χ3n) is 9.68. The molecule has 7 rings (SSSR count). The van der Waals surface area contributed by atoms with Gasteiger partial charge in [0.1, 0.15) is 17.8 Å². The minimum atomic E-state index is -1.70. The Balaban J connectivity index is 0.00000469. The minimum Gasteiger partial charge on any atom is -0.844 e. The first kappa shape index (κ1) is 71.1. The van der Waals surface area contributed by atoms with E-state index in [1.54, 1.807) is 0 Å². The second-order valence-corrected chi connectivity index (χ2v) is 15.6. The fraction of sp³-hybridized carbons (Fsp3) is 0.238. The van der Waals surface area contributed by atoms with Crippen molar-refractivity contribution < 1.29 is 306 Å². The standard InChI is InChI=1S/C41H35N19O9.CH4.5K/c1-17(2)6-26-29(51-53-33-23(14-42)15-46-57(33)24-10-19(35(61)62)8-20(11-24)36(63)64)31(43)59(55-26)39-48-40(50-41(69)49-39)60-32(44)30(27(56-60)7-18(3)4)52-54-34-28(45-5)16-47-58(34)25-12-21(37(65)66)9-22(13-25)38(67)68;;;;;;/h8-13,15-18,28,44H,6-7H2,1-4H3,(H7,43,46,48,49,50,53,55,61,62,63,64,65,66,67,68,69);1H4;;;;;/q;;5*+1/p-4. The van der Waals surface area contributed by atoms with Gasteiger partial charge in [-0.25, -0.2) is 21.2 Å². The van der Waals surface area contributed by atoms with Crippen molar-refractivity contribution in [2.45, 2.75) is 54.0 Å². The average molecular weight is 1150 g/mol. The molecule has 4 aromatic heterocycles. The van der Waals surface area contributed by atoms with E-state index < -0.39 is 70.1 Å². The molecule has 1 unspecified atom stereocenters. The molecule has 0 amide bonds. The van der Waals surface area contributed by atoms with E-state index in [1.807, 2.05) is 33.8 Å². The molecule has 1 aliphatic rings. The number of nitrogens with two attached hydrogens (primary N) is 2. The van der Waals surface area contributed by atoms with Crippen molar-refractivity contribution in [1.29, 1.82) is 5.26 Å². The number of rotatable bonds is 15. The van der Waals surface area contributed by atoms with Crippen LogP contribution in [0.3, 0.4) is 0 Å². The number of hydrazone groups is 1. The molecule has 0 saturated heterocycles. The van der Waals surface area contributed by atoms with Crippen LogP contribution in [0.25, 0.3) is 22.4 Å². The Morgan fingerprint density at radius 1 is 0.720 bits per heavy atom. The number of nitrogens with zero attached hydrogens (tertiary/aromatic N) is 17. The van der Waals surface area contributed by atoms with Gasteiger partial charge in [0.05, 0.1) is 58.3 Å². The topological polar surface area (TPSA) is 421 Å². The number of nitrogen functional groups attached to an aromatic ring is 2. The molecule has 5 heterocycles. The van der Waals surface area contributed by atoms with Gasteiger partial charge in [-0.2, -0.15) is 34.9 Å². The fourth-order valence-corrected chi connectivity index (χ4v) is 6.65. The molecule has 0 aliphatic carbocycles. The van der Waals surface area contributed by atoms with Crippen LogP contribution in [0.4, 0.5) is 34.5 Å². The van der Waals surface area contributed by atoms with E-state index >= 15 is 0 Å². The molecule has 0 spiro atoms. The van der Waals surface area contributed by atoms with Crippen LogP contribution in [-0.4, -0.2) is 90.9 Å². The van der Waals surface area contributed by atoms with Gasteiger partial charge in [0.15, 0.2) is 34.5 Å². The van der Waals surface area contributed by atoms with E-state index in [0.29, 0.717) is 0 Å². The number of carboxylic acids is 4. The Bertz CT molecular complexity index is 3310. The van der Waals surface area contributed by atoms with Crippen molar-refractivity contribution in [2.75, 3.05) is 11.5 Å². The summed E-state index contributed by atoms with van der Waals surface area (Å²) < 4.78 is 3.93. The summed E-state index contributed by atoms with van der Waals surface area (Å²) in [6, 6.07) is 5.47. The largest absolute Gasteiger partial charge is 1.00 e. The van der Waals surface area contributed by atoms with E-state index in [1.165, 1.54) is 6.21 Å². The summed E-state index contributed by atoms with van der Waals surface area (Å²) in [6.45, 7) is 15.2. The number of azo groups is 2. The van der Waals surface area contributed by atoms with Crippen molar-refractivity contribution in [3.63, 3.8) is 0 Å². The SMILES string of the molecule is C.[C-]#[N+]C1C=N[N+](c2cc(C(=O)[O-])cc(C(=O)[O-])c2)=C1N=Nc1c(CC(C)C)nn(-c2nc([O-])nc(-n3nc(CC(C)C)c(N=Nc4c(C#N)cnn4-c4cc(C(=O)[O-])cc(C(=O)[O-])c4)c3N)n2)c1N.[K+].[K+].[K+].[K+].[K+]. The molecule has 0 fully saturated rings. The van der Waals surface area contributed by atoms with Gasteiger partial charge in [-0.15, -0.1) is 10.2 Å². The van der Waals surface area contributed by atoms with E-state index in [2.05, 4.69) is 60.7 Å². The average Bonchev–Trinajstić information content (AvgIpc) is 4.06. The quantitative estimate of drug-likeness (QED) is 0.0417. The molecular weight excluding hydrogens is 1110 g/mol. The van der Waals surface area contributed by atoms with Crippen molar-refractivity contribution >= 4 is 70.4 Å². The Kier molecular flexibility index (Phi) is 29.5. The number of carbonyl (C=O) groups is 4. The Labute approximate surface area is 639 Å². The van der Waals surface area contributed by atoms with Crippen molar-refractivity contribution in [1.82, 2.24) is 44.3 Å². The molecule has 0 radical (unpaired) electrons. The predicted octanol–water partition coefficient (Wildman–Crippen LogP) is -15.4. The third kappa shape index (κ3) is 16.6. The summed E-state index contributed by atoms with van der Waals surface area (Å²) in [5.41, 5.74) is 11.0. The van der Waals surface area contributed by atoms with Gasteiger partial charge in [0.25, 0.3) is 11.9 Å². The van der Waals surface area contributed by atoms with Crippen LogP contribution in [0.1, 0.15) is 93.5 Å². The van der Waals surface area contributed by atoms with Crippen molar-refractivity contribution in [2.24, 2.45) is 37.4 Å². The van der Waals surface area contributed by atoms with Crippen LogP contribution in [0, 0.1) is 29.7 Å². The van der Waals surface area contributed by atoms with Gasteiger partial charge in [0, 0.05) is 11.1 Å². The molecule has 28 nitrogen and oxygen atoms in total. The zero-order valence-corrected chi connectivity index (χ0v) is 56.8. The molecule has 1 aliphatic heterocycles. The molecule has 0 saturated carbocycles. The maximum atomic E-state index is 13.2. The maximum Gasteiger partial charge on any atom is 1.00 e. The summed E-state index contributed by atoms with van der Waals surface area (Å²) in [4.78, 5) is 62.5. The van der Waals surface area contributed by atoms with Crippen molar-refractivity contribution in [3.8, 4) is 29.7 Å². The van der Waals surface area contributed by atoms with E-state index in [4.69, 9.17) is 18.0 Å². The normalized spacial score (nSPS) is 12.5. The third-order valence-corrected chi connectivity index (χ3v) is 9.68. The molecule has 33 heteroatoms. The van der Waals surface area contributed by atoms with Crippen LogP contribution in [0.5, 0.6) is 6.01 Å². The summed E-state index contributed by atoms with van der Waals surface area (Å²) in [6.07, 6.45) is 2.70. The number of carbonyl (C=O) groups excluding carboxylic acids is 4. The number of hydrogen-bond acceptors (Lipinski definition) is 23. The summed E-state index contributed by atoms with van der Waals surface area (Å²) >= 11 is 0. The Hall–Kier alpha value is -1.94. The number of amidine groups is 1. The molecule has 356 valence electrons. The van der Waals surface area contributed by atoms with Crippen LogP contribution in [0.2, 0.25) is 0 Å². The monoisotopic (exact) mass is 1140 g/mol. The second kappa shape index (κ2) is 31.2. The summed E-state index contributed by atoms with van der Waals surface area (Å²) in [5, 5.41) is 104. The first-order valence-electron chi connectivity index (χ1n) is 20.0. The number of aromatic carboxylic acids is 4. The van der Waals surface area contributed by atoms with Crippen LogP contribution in [-0.2, 0) is 12.8 Å². The van der Waals surface area contributed by atoms with E-state index in [0.717, 1.165) is 61.3 Å².